The second kappa shape index (κ2) is 5.42. The molecule has 1 unspecified atom stereocenters. The lowest BCUT2D eigenvalue weighted by molar-refractivity contribution is 0.598. The molecule has 0 aliphatic rings. The van der Waals surface area contributed by atoms with E-state index >= 15 is 0 Å². The first-order valence-corrected chi connectivity index (χ1v) is 7.46. The standard InChI is InChI=1S/C14H16N2O2S/c1-11(12-7-3-2-4-8-12)16-13-9-5-6-10-14(13)19(15,17)18/h2-11,16H,1H3,(H2,15,17,18). The van der Waals surface area contributed by atoms with Crippen LogP contribution in [0.2, 0.25) is 0 Å². The molecular weight excluding hydrogens is 260 g/mol. The van der Waals surface area contributed by atoms with E-state index in [1.54, 1.807) is 18.2 Å². The van der Waals surface area contributed by atoms with Crippen LogP contribution < -0.4 is 10.5 Å². The average molecular weight is 276 g/mol. The van der Waals surface area contributed by atoms with Crippen LogP contribution in [0.3, 0.4) is 0 Å². The number of hydrogen-bond acceptors (Lipinski definition) is 3. The SMILES string of the molecule is CC(Nc1ccccc1S(N)(=O)=O)c1ccccc1. The van der Waals surface area contributed by atoms with Gasteiger partial charge in [0, 0.05) is 6.04 Å². The molecule has 0 spiro atoms. The number of anilines is 1. The molecule has 0 heterocycles. The van der Waals surface area contributed by atoms with Gasteiger partial charge in [0.05, 0.1) is 5.69 Å². The van der Waals surface area contributed by atoms with Crippen LogP contribution in [0.15, 0.2) is 59.5 Å². The van der Waals surface area contributed by atoms with E-state index in [4.69, 9.17) is 5.14 Å². The van der Waals surface area contributed by atoms with Crippen LogP contribution in [0.1, 0.15) is 18.5 Å². The van der Waals surface area contributed by atoms with Gasteiger partial charge in [-0.15, -0.1) is 0 Å². The molecule has 3 N–H and O–H groups in total. The summed E-state index contributed by atoms with van der Waals surface area (Å²) in [5.41, 5.74) is 1.59. The van der Waals surface area contributed by atoms with Crippen LogP contribution in [0.25, 0.3) is 0 Å². The molecular formula is C14H16N2O2S. The van der Waals surface area contributed by atoms with Gasteiger partial charge in [0.2, 0.25) is 10.0 Å². The molecule has 0 amide bonds. The van der Waals surface area contributed by atoms with Gasteiger partial charge >= 0.3 is 0 Å². The van der Waals surface area contributed by atoms with Gasteiger partial charge in [0.1, 0.15) is 4.90 Å². The van der Waals surface area contributed by atoms with E-state index in [9.17, 15) is 8.42 Å². The molecule has 0 saturated carbocycles. The third-order valence-corrected chi connectivity index (χ3v) is 3.83. The molecule has 100 valence electrons. The molecule has 5 heteroatoms. The van der Waals surface area contributed by atoms with Crippen LogP contribution in [-0.4, -0.2) is 8.42 Å². The zero-order valence-corrected chi connectivity index (χ0v) is 11.4. The monoisotopic (exact) mass is 276 g/mol. The fourth-order valence-corrected chi connectivity index (χ4v) is 2.59. The van der Waals surface area contributed by atoms with Crippen molar-refractivity contribution in [1.82, 2.24) is 0 Å². The molecule has 0 fully saturated rings. The Morgan fingerprint density at radius 3 is 2.21 bits per heavy atom. The summed E-state index contributed by atoms with van der Waals surface area (Å²) < 4.78 is 23.0. The quantitative estimate of drug-likeness (QED) is 0.901. The molecule has 0 aliphatic heterocycles. The van der Waals surface area contributed by atoms with Crippen LogP contribution in [0, 0.1) is 0 Å². The largest absolute Gasteiger partial charge is 0.377 e. The minimum absolute atomic E-state index is 0.0101. The Hall–Kier alpha value is -1.85. The highest BCUT2D eigenvalue weighted by atomic mass is 32.2. The number of hydrogen-bond donors (Lipinski definition) is 2. The van der Waals surface area contributed by atoms with Gasteiger partial charge in [0.25, 0.3) is 0 Å². The minimum Gasteiger partial charge on any atom is -0.377 e. The molecule has 0 bridgehead atoms. The van der Waals surface area contributed by atoms with Crippen LogP contribution >= 0.6 is 0 Å². The Labute approximate surface area is 113 Å². The second-order valence-corrected chi connectivity index (χ2v) is 5.85. The normalized spacial score (nSPS) is 12.9. The lowest BCUT2D eigenvalue weighted by Crippen LogP contribution is -2.16. The molecule has 0 aliphatic carbocycles. The fourth-order valence-electron chi connectivity index (χ4n) is 1.89. The number of benzene rings is 2. The maximum Gasteiger partial charge on any atom is 0.240 e. The summed E-state index contributed by atoms with van der Waals surface area (Å²) >= 11 is 0. The smallest absolute Gasteiger partial charge is 0.240 e. The second-order valence-electron chi connectivity index (χ2n) is 4.32. The van der Waals surface area contributed by atoms with Crippen molar-refractivity contribution >= 4 is 15.7 Å². The Morgan fingerprint density at radius 1 is 1.00 bits per heavy atom. The number of para-hydroxylation sites is 1. The molecule has 2 rings (SSSR count). The van der Waals surface area contributed by atoms with E-state index in [1.165, 1.54) is 6.07 Å². The van der Waals surface area contributed by atoms with Gasteiger partial charge in [-0.05, 0) is 24.6 Å². The van der Waals surface area contributed by atoms with E-state index in [0.717, 1.165) is 5.56 Å². The molecule has 0 saturated heterocycles. The third kappa shape index (κ3) is 3.33. The lowest BCUT2D eigenvalue weighted by atomic mass is 10.1. The predicted molar refractivity (Wildman–Crippen MR) is 76.3 cm³/mol. The summed E-state index contributed by atoms with van der Waals surface area (Å²) in [7, 11) is -3.72. The zero-order chi connectivity index (χ0) is 13.9. The van der Waals surface area contributed by atoms with E-state index in [1.807, 2.05) is 37.3 Å². The third-order valence-electron chi connectivity index (χ3n) is 2.87. The highest BCUT2D eigenvalue weighted by Gasteiger charge is 2.14. The van der Waals surface area contributed by atoms with Crippen LogP contribution in [0.5, 0.6) is 0 Å². The van der Waals surface area contributed by atoms with Crippen molar-refractivity contribution in [1.29, 1.82) is 0 Å². The number of nitrogens with two attached hydrogens (primary N) is 1. The summed E-state index contributed by atoms with van der Waals surface area (Å²) in [6.45, 7) is 1.97. The molecule has 0 radical (unpaired) electrons. The highest BCUT2D eigenvalue weighted by molar-refractivity contribution is 7.89. The van der Waals surface area contributed by atoms with Crippen molar-refractivity contribution in [2.24, 2.45) is 5.14 Å². The van der Waals surface area contributed by atoms with E-state index in [-0.39, 0.29) is 10.9 Å². The summed E-state index contributed by atoms with van der Waals surface area (Å²) in [6, 6.07) is 16.4. The highest BCUT2D eigenvalue weighted by Crippen LogP contribution is 2.24. The van der Waals surface area contributed by atoms with Gasteiger partial charge in [-0.1, -0.05) is 42.5 Å². The van der Waals surface area contributed by atoms with Gasteiger partial charge in [-0.2, -0.15) is 0 Å². The van der Waals surface area contributed by atoms with E-state index in [0.29, 0.717) is 5.69 Å². The first-order valence-electron chi connectivity index (χ1n) is 5.92. The lowest BCUT2D eigenvalue weighted by Gasteiger charge is -2.17. The van der Waals surface area contributed by atoms with Crippen molar-refractivity contribution in [3.05, 3.63) is 60.2 Å². The van der Waals surface area contributed by atoms with Gasteiger partial charge in [-0.25, -0.2) is 13.6 Å². The maximum absolute atomic E-state index is 11.5. The van der Waals surface area contributed by atoms with Crippen LogP contribution in [0.4, 0.5) is 5.69 Å². The number of sulfonamides is 1. The fraction of sp³-hybridized carbons (Fsp3) is 0.143. The summed E-state index contributed by atoms with van der Waals surface area (Å²) in [4.78, 5) is 0.109. The molecule has 1 atom stereocenters. The molecule has 4 nitrogen and oxygen atoms in total. The van der Waals surface area contributed by atoms with Crippen molar-refractivity contribution < 1.29 is 8.42 Å². The Bertz CT molecular complexity index is 654. The minimum atomic E-state index is -3.72. The van der Waals surface area contributed by atoms with Crippen molar-refractivity contribution in [3.63, 3.8) is 0 Å². The predicted octanol–water partition coefficient (Wildman–Crippen LogP) is 2.51. The number of nitrogens with one attached hydrogen (secondary N) is 1. The Morgan fingerprint density at radius 2 is 1.58 bits per heavy atom. The van der Waals surface area contributed by atoms with Gasteiger partial charge in [0.15, 0.2) is 0 Å². The average Bonchev–Trinajstić information content (AvgIpc) is 2.39. The molecule has 0 aromatic heterocycles. The Balaban J connectivity index is 2.30. The first-order chi connectivity index (χ1) is 8.98. The number of primary sulfonamides is 1. The maximum atomic E-state index is 11.5. The molecule has 2 aromatic rings. The topological polar surface area (TPSA) is 72.2 Å². The van der Waals surface area contributed by atoms with Crippen molar-refractivity contribution in [2.45, 2.75) is 17.9 Å². The van der Waals surface area contributed by atoms with Crippen LogP contribution in [-0.2, 0) is 10.0 Å². The molecule has 19 heavy (non-hydrogen) atoms. The Kier molecular flexibility index (Phi) is 3.87. The van der Waals surface area contributed by atoms with Gasteiger partial charge in [-0.3, -0.25) is 0 Å². The van der Waals surface area contributed by atoms with Crippen molar-refractivity contribution in [3.8, 4) is 0 Å². The molecule has 2 aromatic carbocycles. The summed E-state index contributed by atoms with van der Waals surface area (Å²) in [5, 5.41) is 8.38. The summed E-state index contributed by atoms with van der Waals surface area (Å²) in [5.74, 6) is 0. The zero-order valence-electron chi connectivity index (χ0n) is 10.6. The first kappa shape index (κ1) is 13.6. The van der Waals surface area contributed by atoms with Crippen molar-refractivity contribution in [2.75, 3.05) is 5.32 Å². The van der Waals surface area contributed by atoms with E-state index in [2.05, 4.69) is 5.32 Å². The number of rotatable bonds is 4. The summed E-state index contributed by atoms with van der Waals surface area (Å²) in [6.07, 6.45) is 0. The van der Waals surface area contributed by atoms with E-state index < -0.39 is 10.0 Å². The van der Waals surface area contributed by atoms with Gasteiger partial charge < -0.3 is 5.32 Å².